The predicted octanol–water partition coefficient (Wildman–Crippen LogP) is 3.12. The first-order valence-corrected chi connectivity index (χ1v) is 10.3. The number of benzene rings is 2. The van der Waals surface area contributed by atoms with Crippen LogP contribution in [0.25, 0.3) is 0 Å². The van der Waals surface area contributed by atoms with E-state index in [1.54, 1.807) is 4.90 Å². The Bertz CT molecular complexity index is 942. The van der Waals surface area contributed by atoms with Gasteiger partial charge in [0.2, 0.25) is 17.7 Å². The van der Waals surface area contributed by atoms with E-state index in [-0.39, 0.29) is 29.5 Å². The van der Waals surface area contributed by atoms with Crippen molar-refractivity contribution in [3.63, 3.8) is 0 Å². The molecule has 1 fully saturated rings. The first-order valence-electron chi connectivity index (χ1n) is 9.43. The van der Waals surface area contributed by atoms with Gasteiger partial charge in [0, 0.05) is 29.6 Å². The van der Waals surface area contributed by atoms with Crippen LogP contribution in [0.5, 0.6) is 0 Å². The van der Waals surface area contributed by atoms with Crippen LogP contribution in [-0.2, 0) is 14.4 Å². The lowest BCUT2D eigenvalue weighted by atomic mass is 9.95. The average molecular weight is 413 g/mol. The number of carbonyl (C=O) groups is 3. The number of anilines is 2. The molecule has 0 bridgehead atoms. The number of thioether (sulfide) groups is 1. The van der Waals surface area contributed by atoms with Gasteiger partial charge in [-0.15, -0.1) is 11.8 Å². The summed E-state index contributed by atoms with van der Waals surface area (Å²) in [5.41, 5.74) is 1.27. The molecule has 4 rings (SSSR count). The number of hydrogen-bond acceptors (Lipinski definition) is 4. The van der Waals surface area contributed by atoms with E-state index in [2.05, 4.69) is 10.6 Å². The Kier molecular flexibility index (Phi) is 5.53. The molecule has 3 amide bonds. The summed E-state index contributed by atoms with van der Waals surface area (Å²) in [6.45, 7) is 0.846. The molecule has 0 aromatic heterocycles. The Hall–Kier alpha value is -2.87. The maximum atomic E-state index is 13.0. The van der Waals surface area contributed by atoms with Gasteiger partial charge in [-0.2, -0.15) is 0 Å². The van der Waals surface area contributed by atoms with Crippen molar-refractivity contribution in [1.82, 2.24) is 4.90 Å². The van der Waals surface area contributed by atoms with Crippen molar-refractivity contribution in [3.8, 4) is 0 Å². The van der Waals surface area contributed by atoms with Gasteiger partial charge in [-0.25, -0.2) is 4.39 Å². The van der Waals surface area contributed by atoms with E-state index in [1.807, 2.05) is 24.3 Å². The summed E-state index contributed by atoms with van der Waals surface area (Å²) >= 11 is 1.26. The summed E-state index contributed by atoms with van der Waals surface area (Å²) in [5, 5.41) is 4.77. The fourth-order valence-electron chi connectivity index (χ4n) is 3.52. The molecule has 1 saturated heterocycles. The summed E-state index contributed by atoms with van der Waals surface area (Å²) < 4.78 is 13.0. The largest absolute Gasteiger partial charge is 0.341 e. The zero-order chi connectivity index (χ0) is 20.4. The van der Waals surface area contributed by atoms with Crippen LogP contribution in [0.2, 0.25) is 0 Å². The zero-order valence-electron chi connectivity index (χ0n) is 15.6. The lowest BCUT2D eigenvalue weighted by molar-refractivity contribution is -0.136. The highest BCUT2D eigenvalue weighted by molar-refractivity contribution is 8.01. The smallest absolute Gasteiger partial charge is 0.247 e. The monoisotopic (exact) mass is 413 g/mol. The number of amides is 3. The summed E-state index contributed by atoms with van der Waals surface area (Å²) in [7, 11) is 0. The highest BCUT2D eigenvalue weighted by atomic mass is 32.2. The summed E-state index contributed by atoms with van der Waals surface area (Å²) in [5.74, 6) is -1.25. The second-order valence-corrected chi connectivity index (χ2v) is 8.23. The highest BCUT2D eigenvalue weighted by Crippen LogP contribution is 2.36. The van der Waals surface area contributed by atoms with Gasteiger partial charge in [-0.1, -0.05) is 12.1 Å². The van der Waals surface area contributed by atoms with Crippen molar-refractivity contribution < 1.29 is 18.8 Å². The second kappa shape index (κ2) is 8.24. The van der Waals surface area contributed by atoms with E-state index in [1.165, 1.54) is 36.0 Å². The number of halogens is 1. The number of rotatable bonds is 3. The van der Waals surface area contributed by atoms with E-state index in [4.69, 9.17) is 0 Å². The number of hydrogen-bond donors (Lipinski definition) is 2. The standard InChI is InChI=1S/C21H20FN3O3S/c22-14-5-7-15(8-6-14)23-19(26)13-9-11-25(12-10-13)21(28)18-20(27)24-16-3-1-2-4-17(16)29-18/h1-8,13,18H,9-12H2,(H,23,26)(H,24,27)/t18-/m1/s1. The highest BCUT2D eigenvalue weighted by Gasteiger charge is 2.37. The lowest BCUT2D eigenvalue weighted by Gasteiger charge is -2.34. The Morgan fingerprint density at radius 3 is 2.48 bits per heavy atom. The number of para-hydroxylation sites is 1. The minimum Gasteiger partial charge on any atom is -0.341 e. The van der Waals surface area contributed by atoms with E-state index in [0.29, 0.717) is 31.6 Å². The molecule has 2 N–H and O–H groups in total. The zero-order valence-corrected chi connectivity index (χ0v) is 16.4. The van der Waals surface area contributed by atoms with Crippen LogP contribution in [-0.4, -0.2) is 41.0 Å². The van der Waals surface area contributed by atoms with Gasteiger partial charge in [-0.05, 0) is 49.2 Å². The van der Waals surface area contributed by atoms with Crippen LogP contribution >= 0.6 is 11.8 Å². The number of nitrogens with one attached hydrogen (secondary N) is 2. The summed E-state index contributed by atoms with van der Waals surface area (Å²) in [6, 6.07) is 13.0. The van der Waals surface area contributed by atoms with Crippen molar-refractivity contribution in [2.45, 2.75) is 23.0 Å². The average Bonchev–Trinajstić information content (AvgIpc) is 2.74. The molecular formula is C21H20FN3O3S. The van der Waals surface area contributed by atoms with E-state index < -0.39 is 5.25 Å². The maximum Gasteiger partial charge on any atom is 0.247 e. The normalized spacial score (nSPS) is 19.3. The molecule has 6 nitrogen and oxygen atoms in total. The molecule has 0 aliphatic carbocycles. The maximum absolute atomic E-state index is 13.0. The van der Waals surface area contributed by atoms with Gasteiger partial charge in [0.1, 0.15) is 5.82 Å². The van der Waals surface area contributed by atoms with Crippen molar-refractivity contribution in [2.24, 2.45) is 5.92 Å². The Morgan fingerprint density at radius 1 is 1.07 bits per heavy atom. The number of fused-ring (bicyclic) bond motifs is 1. The van der Waals surface area contributed by atoms with Crippen molar-refractivity contribution in [3.05, 3.63) is 54.3 Å². The third kappa shape index (κ3) is 4.27. The molecule has 0 spiro atoms. The molecule has 2 heterocycles. The molecule has 2 aromatic rings. The molecule has 0 unspecified atom stereocenters. The fourth-order valence-corrected chi connectivity index (χ4v) is 4.59. The number of carbonyl (C=O) groups excluding carboxylic acids is 3. The second-order valence-electron chi connectivity index (χ2n) is 7.08. The van der Waals surface area contributed by atoms with Gasteiger partial charge in [0.05, 0.1) is 5.69 Å². The van der Waals surface area contributed by atoms with E-state index in [0.717, 1.165) is 10.6 Å². The first-order chi connectivity index (χ1) is 14.0. The molecule has 8 heteroatoms. The Balaban J connectivity index is 1.33. The van der Waals surface area contributed by atoms with Gasteiger partial charge in [0.25, 0.3) is 0 Å². The predicted molar refractivity (Wildman–Crippen MR) is 109 cm³/mol. The molecule has 2 aromatic carbocycles. The van der Waals surface area contributed by atoms with Crippen LogP contribution in [0.3, 0.4) is 0 Å². The number of piperidine rings is 1. The van der Waals surface area contributed by atoms with Gasteiger partial charge >= 0.3 is 0 Å². The lowest BCUT2D eigenvalue weighted by Crippen LogP contribution is -2.48. The van der Waals surface area contributed by atoms with Crippen LogP contribution in [0.15, 0.2) is 53.4 Å². The topological polar surface area (TPSA) is 78.5 Å². The Morgan fingerprint density at radius 2 is 1.76 bits per heavy atom. The van der Waals surface area contributed by atoms with Crippen LogP contribution < -0.4 is 10.6 Å². The molecule has 0 saturated carbocycles. The fraction of sp³-hybridized carbons (Fsp3) is 0.286. The minimum absolute atomic E-state index is 0.137. The van der Waals surface area contributed by atoms with E-state index in [9.17, 15) is 18.8 Å². The van der Waals surface area contributed by atoms with Gasteiger partial charge in [-0.3, -0.25) is 14.4 Å². The van der Waals surface area contributed by atoms with Crippen LogP contribution in [0, 0.1) is 11.7 Å². The third-order valence-electron chi connectivity index (χ3n) is 5.14. The first kappa shape index (κ1) is 19.4. The molecule has 0 radical (unpaired) electrons. The van der Waals surface area contributed by atoms with Crippen LogP contribution in [0.4, 0.5) is 15.8 Å². The number of nitrogens with zero attached hydrogens (tertiary/aromatic N) is 1. The minimum atomic E-state index is -0.811. The molecule has 150 valence electrons. The summed E-state index contributed by atoms with van der Waals surface area (Å²) in [6.07, 6.45) is 1.04. The quantitative estimate of drug-likeness (QED) is 0.758. The van der Waals surface area contributed by atoms with Gasteiger partial charge < -0.3 is 15.5 Å². The van der Waals surface area contributed by atoms with Gasteiger partial charge in [0.15, 0.2) is 5.25 Å². The SMILES string of the molecule is O=C(Nc1ccc(F)cc1)C1CCN(C(=O)[C@@H]2Sc3ccccc3NC2=O)CC1. The molecular weight excluding hydrogens is 393 g/mol. The molecule has 1 atom stereocenters. The summed E-state index contributed by atoms with van der Waals surface area (Å²) in [4.78, 5) is 40.2. The molecule has 29 heavy (non-hydrogen) atoms. The van der Waals surface area contributed by atoms with Crippen LogP contribution in [0.1, 0.15) is 12.8 Å². The number of likely N-dealkylation sites (tertiary alicyclic amines) is 1. The molecule has 2 aliphatic rings. The van der Waals surface area contributed by atoms with Crippen molar-refractivity contribution >= 4 is 40.9 Å². The Labute approximate surface area is 171 Å². The van der Waals surface area contributed by atoms with Crippen molar-refractivity contribution in [2.75, 3.05) is 23.7 Å². The molecule has 2 aliphatic heterocycles. The third-order valence-corrected chi connectivity index (χ3v) is 6.40. The van der Waals surface area contributed by atoms with Crippen molar-refractivity contribution in [1.29, 1.82) is 0 Å². The van der Waals surface area contributed by atoms with E-state index >= 15 is 0 Å².